The Kier molecular flexibility index (Phi) is 7.32. The summed E-state index contributed by atoms with van der Waals surface area (Å²) in [5.41, 5.74) is 9.90. The predicted octanol–water partition coefficient (Wildman–Crippen LogP) is 2.92. The Morgan fingerprint density at radius 1 is 1.00 bits per heavy atom. The van der Waals surface area contributed by atoms with Gasteiger partial charge >= 0.3 is 12.3 Å². The molecule has 0 atom stereocenters. The molecule has 0 saturated heterocycles. The largest absolute Gasteiger partial charge is 0.573 e. The number of halogens is 3. The smallest absolute Gasteiger partial charge is 0.473 e. The Morgan fingerprint density at radius 2 is 1.55 bits per heavy atom. The molecule has 0 aromatic heterocycles. The zero-order valence-electron chi connectivity index (χ0n) is 15.5. The number of carbonyl (C=O) groups excluding carboxylic acids is 1. The van der Waals surface area contributed by atoms with Crippen molar-refractivity contribution >= 4 is 5.97 Å². The Balaban J connectivity index is 2.02. The van der Waals surface area contributed by atoms with Gasteiger partial charge in [-0.15, -0.1) is 13.2 Å². The van der Waals surface area contributed by atoms with Crippen molar-refractivity contribution < 1.29 is 32.2 Å². The third-order valence-electron chi connectivity index (χ3n) is 3.64. The number of nitrogens with one attached hydrogen (secondary N) is 1. The average Bonchev–Trinajstić information content (AvgIpc) is 2.67. The van der Waals surface area contributed by atoms with Crippen LogP contribution in [0.4, 0.5) is 13.2 Å². The van der Waals surface area contributed by atoms with Crippen molar-refractivity contribution in [3.8, 4) is 16.9 Å². The lowest BCUT2D eigenvalue weighted by Gasteiger charge is -2.12. The molecule has 2 aromatic rings. The van der Waals surface area contributed by atoms with Crippen LogP contribution >= 0.6 is 0 Å². The van der Waals surface area contributed by atoms with Crippen LogP contribution in [0.1, 0.15) is 12.5 Å². The van der Waals surface area contributed by atoms with Crippen molar-refractivity contribution in [1.29, 1.82) is 0 Å². The second-order valence-electron chi connectivity index (χ2n) is 5.66. The molecule has 10 heteroatoms. The molecule has 29 heavy (non-hydrogen) atoms. The molecule has 156 valence electrons. The van der Waals surface area contributed by atoms with Crippen LogP contribution in [0.25, 0.3) is 11.1 Å². The molecule has 0 aliphatic rings. The van der Waals surface area contributed by atoms with E-state index in [-0.39, 0.29) is 30.5 Å². The normalized spacial score (nSPS) is 12.0. The molecule has 2 rings (SSSR count). The minimum absolute atomic E-state index is 0.0645. The number of benzene rings is 2. The maximum Gasteiger partial charge on any atom is 0.573 e. The standard InChI is InChI=1S/C19H20F3N3O4/c1-2-27-18(26)16(25-24)17(23)28-11-12-3-5-13(6-4-12)14-7-9-15(10-8-14)29-19(20,21)22/h3-10,25H,2,11,23-24H2,1H3/b17-16+. The molecule has 0 bridgehead atoms. The van der Waals surface area contributed by atoms with Gasteiger partial charge in [-0.25, -0.2) is 4.79 Å². The number of hydrazine groups is 1. The summed E-state index contributed by atoms with van der Waals surface area (Å²) in [5.74, 6) is 4.02. The van der Waals surface area contributed by atoms with Gasteiger partial charge in [-0.1, -0.05) is 36.4 Å². The molecule has 0 saturated carbocycles. The van der Waals surface area contributed by atoms with Crippen LogP contribution in [0.5, 0.6) is 5.75 Å². The van der Waals surface area contributed by atoms with Gasteiger partial charge in [0.1, 0.15) is 12.4 Å². The van der Waals surface area contributed by atoms with E-state index in [0.29, 0.717) is 5.56 Å². The van der Waals surface area contributed by atoms with E-state index in [1.54, 1.807) is 31.2 Å². The molecule has 0 amide bonds. The Morgan fingerprint density at radius 3 is 2.03 bits per heavy atom. The fourth-order valence-corrected chi connectivity index (χ4v) is 2.31. The first-order valence-corrected chi connectivity index (χ1v) is 8.45. The number of carbonyl (C=O) groups is 1. The molecular weight excluding hydrogens is 391 g/mol. The zero-order chi connectivity index (χ0) is 21.4. The number of esters is 1. The molecule has 0 radical (unpaired) electrons. The minimum Gasteiger partial charge on any atom is -0.473 e. The highest BCUT2D eigenvalue weighted by molar-refractivity contribution is 5.88. The van der Waals surface area contributed by atoms with Gasteiger partial charge in [0.05, 0.1) is 6.61 Å². The van der Waals surface area contributed by atoms with Gasteiger partial charge in [-0.2, -0.15) is 0 Å². The number of alkyl halides is 3. The van der Waals surface area contributed by atoms with E-state index >= 15 is 0 Å². The molecule has 5 N–H and O–H groups in total. The van der Waals surface area contributed by atoms with Crippen LogP contribution in [0.15, 0.2) is 60.1 Å². The van der Waals surface area contributed by atoms with Gasteiger partial charge < -0.3 is 25.4 Å². The quantitative estimate of drug-likeness (QED) is 0.201. The second-order valence-corrected chi connectivity index (χ2v) is 5.66. The number of rotatable bonds is 8. The third kappa shape index (κ3) is 6.61. The first kappa shape index (κ1) is 21.9. The lowest BCUT2D eigenvalue weighted by atomic mass is 10.0. The summed E-state index contributed by atoms with van der Waals surface area (Å²) in [6.07, 6.45) is -4.73. The minimum atomic E-state index is -4.73. The molecule has 0 heterocycles. The van der Waals surface area contributed by atoms with Crippen LogP contribution in [0.2, 0.25) is 0 Å². The summed E-state index contributed by atoms with van der Waals surface area (Å²) >= 11 is 0. The maximum atomic E-state index is 12.2. The monoisotopic (exact) mass is 411 g/mol. The van der Waals surface area contributed by atoms with Crippen molar-refractivity contribution in [3.05, 3.63) is 65.7 Å². The van der Waals surface area contributed by atoms with Crippen molar-refractivity contribution in [2.24, 2.45) is 11.6 Å². The molecular formula is C19H20F3N3O4. The van der Waals surface area contributed by atoms with Crippen molar-refractivity contribution in [3.63, 3.8) is 0 Å². The highest BCUT2D eigenvalue weighted by Gasteiger charge is 2.30. The molecule has 0 aliphatic carbocycles. The first-order valence-electron chi connectivity index (χ1n) is 8.45. The van der Waals surface area contributed by atoms with E-state index in [9.17, 15) is 18.0 Å². The number of ether oxygens (including phenoxy) is 3. The van der Waals surface area contributed by atoms with E-state index in [2.05, 4.69) is 10.2 Å². The summed E-state index contributed by atoms with van der Waals surface area (Å²) in [4.78, 5) is 11.7. The van der Waals surface area contributed by atoms with Crippen LogP contribution in [-0.2, 0) is 20.9 Å². The Bertz CT molecular complexity index is 850. The summed E-state index contributed by atoms with van der Waals surface area (Å²) in [5, 5.41) is 0. The molecule has 2 aromatic carbocycles. The van der Waals surface area contributed by atoms with E-state index in [4.69, 9.17) is 21.1 Å². The van der Waals surface area contributed by atoms with Crippen molar-refractivity contribution in [2.45, 2.75) is 19.9 Å². The summed E-state index contributed by atoms with van der Waals surface area (Å²) in [7, 11) is 0. The van der Waals surface area contributed by atoms with Crippen LogP contribution in [0.3, 0.4) is 0 Å². The SMILES string of the molecule is CCOC(=O)/C(NN)=C(/N)OCc1ccc(-c2ccc(OC(F)(F)F)cc2)cc1. The molecule has 0 unspecified atom stereocenters. The number of hydrogen-bond donors (Lipinski definition) is 3. The maximum absolute atomic E-state index is 12.2. The van der Waals surface area contributed by atoms with E-state index in [1.807, 2.05) is 0 Å². The van der Waals surface area contributed by atoms with Crippen molar-refractivity contribution in [2.75, 3.05) is 6.61 Å². The lowest BCUT2D eigenvalue weighted by Crippen LogP contribution is -2.32. The van der Waals surface area contributed by atoms with Gasteiger partial charge in [-0.3, -0.25) is 5.84 Å². The predicted molar refractivity (Wildman–Crippen MR) is 98.5 cm³/mol. The molecule has 0 aliphatic heterocycles. The summed E-state index contributed by atoms with van der Waals surface area (Å²) in [6, 6.07) is 12.6. The summed E-state index contributed by atoms with van der Waals surface area (Å²) in [6.45, 7) is 1.86. The Hall–Kier alpha value is -3.40. The van der Waals surface area contributed by atoms with Crippen LogP contribution in [-0.4, -0.2) is 18.9 Å². The first-order chi connectivity index (χ1) is 13.7. The average molecular weight is 411 g/mol. The van der Waals surface area contributed by atoms with Gasteiger partial charge in [0.2, 0.25) is 5.88 Å². The van der Waals surface area contributed by atoms with Gasteiger partial charge in [0.15, 0.2) is 5.70 Å². The molecule has 7 nitrogen and oxygen atoms in total. The topological polar surface area (TPSA) is 109 Å². The highest BCUT2D eigenvalue weighted by Crippen LogP contribution is 2.26. The number of hydrogen-bond acceptors (Lipinski definition) is 7. The Labute approximate surface area is 165 Å². The van der Waals surface area contributed by atoms with E-state index in [0.717, 1.165) is 11.1 Å². The van der Waals surface area contributed by atoms with Crippen molar-refractivity contribution in [1.82, 2.24) is 5.43 Å². The van der Waals surface area contributed by atoms with Crippen LogP contribution < -0.4 is 21.7 Å². The highest BCUT2D eigenvalue weighted by atomic mass is 19.4. The van der Waals surface area contributed by atoms with Gasteiger partial charge in [-0.05, 0) is 35.7 Å². The molecule has 0 spiro atoms. The third-order valence-corrected chi connectivity index (χ3v) is 3.64. The fraction of sp³-hybridized carbons (Fsp3) is 0.211. The van der Waals surface area contributed by atoms with E-state index < -0.39 is 12.3 Å². The fourth-order valence-electron chi connectivity index (χ4n) is 2.31. The number of nitrogens with two attached hydrogens (primary N) is 2. The van der Waals surface area contributed by atoms with Gasteiger partial charge in [0, 0.05) is 0 Å². The second kappa shape index (κ2) is 9.69. The van der Waals surface area contributed by atoms with E-state index in [1.165, 1.54) is 24.3 Å². The van der Waals surface area contributed by atoms with Crippen LogP contribution in [0, 0.1) is 0 Å². The van der Waals surface area contributed by atoms with Gasteiger partial charge in [0.25, 0.3) is 0 Å². The lowest BCUT2D eigenvalue weighted by molar-refractivity contribution is -0.274. The summed E-state index contributed by atoms with van der Waals surface area (Å²) < 4.78 is 50.6. The molecule has 0 fully saturated rings. The zero-order valence-corrected chi connectivity index (χ0v) is 15.5.